The summed E-state index contributed by atoms with van der Waals surface area (Å²) in [4.78, 5) is 21.2. The molecule has 0 atom stereocenters. The zero-order valence-corrected chi connectivity index (χ0v) is 26.6. The fourth-order valence-electron chi connectivity index (χ4n) is 6.09. The number of sulfone groups is 1. The van der Waals surface area contributed by atoms with Crippen molar-refractivity contribution in [1.29, 1.82) is 0 Å². The molecule has 0 spiro atoms. The number of anilines is 1. The second-order valence-corrected chi connectivity index (χ2v) is 15.6. The average molecular weight is 645 g/mol. The molecule has 2 saturated carbocycles. The number of carbonyl (C=O) groups excluding carboxylic acids is 1. The highest BCUT2D eigenvalue weighted by molar-refractivity contribution is 7.90. The molecule has 1 amide bonds. The first-order valence-corrected chi connectivity index (χ1v) is 18.3. The lowest BCUT2D eigenvalue weighted by Gasteiger charge is -2.40. The van der Waals surface area contributed by atoms with Gasteiger partial charge in [0, 0.05) is 17.8 Å². The van der Waals surface area contributed by atoms with Crippen LogP contribution in [-0.4, -0.2) is 49.1 Å². The molecule has 230 valence electrons. The summed E-state index contributed by atoms with van der Waals surface area (Å²) >= 11 is 6.19. The Morgan fingerprint density at radius 1 is 0.884 bits per heavy atom. The van der Waals surface area contributed by atoms with Crippen LogP contribution in [0.1, 0.15) is 85.8 Å². The second-order valence-electron chi connectivity index (χ2n) is 11.4. The third-order valence-corrected chi connectivity index (χ3v) is 12.1. The van der Waals surface area contributed by atoms with Crippen molar-refractivity contribution in [1.82, 2.24) is 14.3 Å². The summed E-state index contributed by atoms with van der Waals surface area (Å²) in [5, 5.41) is 2.04. The Morgan fingerprint density at radius 2 is 1.47 bits per heavy atom. The Labute approximate surface area is 259 Å². The van der Waals surface area contributed by atoms with E-state index in [0.717, 1.165) is 76.0 Å². The van der Waals surface area contributed by atoms with E-state index >= 15 is 0 Å². The molecule has 0 bridgehead atoms. The topological polar surface area (TPSA) is 126 Å². The first-order chi connectivity index (χ1) is 20.6. The van der Waals surface area contributed by atoms with Gasteiger partial charge in [0.25, 0.3) is 5.91 Å². The van der Waals surface area contributed by atoms with E-state index in [1.165, 1.54) is 24.3 Å². The van der Waals surface area contributed by atoms with Gasteiger partial charge in [0.15, 0.2) is 5.69 Å². The van der Waals surface area contributed by atoms with E-state index in [9.17, 15) is 21.6 Å². The lowest BCUT2D eigenvalue weighted by Crippen LogP contribution is -2.48. The van der Waals surface area contributed by atoms with E-state index < -0.39 is 30.9 Å². The van der Waals surface area contributed by atoms with E-state index in [1.54, 1.807) is 16.4 Å². The molecule has 12 heteroatoms. The molecule has 0 unspecified atom stereocenters. The van der Waals surface area contributed by atoms with Gasteiger partial charge in [-0.05, 0) is 68.0 Å². The smallest absolute Gasteiger partial charge is 0.275 e. The van der Waals surface area contributed by atoms with E-state index in [-0.39, 0.29) is 33.4 Å². The lowest BCUT2D eigenvalue weighted by molar-refractivity contribution is 0.102. The largest absolute Gasteiger partial charge is 0.321 e. The number of rotatable bonds is 9. The SMILES string of the molecule is Cc1ccccc1CS(=O)(=O)c1ncc(Cl)c(C(=O)Nc2ccc(S(=O)(=O)N(C3CCCCC3)C3CCCCC3)cc2)n1. The highest BCUT2D eigenvalue weighted by Gasteiger charge is 2.38. The van der Waals surface area contributed by atoms with Gasteiger partial charge >= 0.3 is 0 Å². The molecule has 2 fully saturated rings. The Bertz CT molecular complexity index is 1650. The lowest BCUT2D eigenvalue weighted by atomic mass is 9.91. The molecule has 1 N–H and O–H groups in total. The maximum absolute atomic E-state index is 14.0. The molecule has 43 heavy (non-hydrogen) atoms. The molecular formula is C31H37ClN4O5S2. The van der Waals surface area contributed by atoms with Crippen molar-refractivity contribution in [3.63, 3.8) is 0 Å². The Morgan fingerprint density at radius 3 is 2.05 bits per heavy atom. The molecule has 0 aliphatic heterocycles. The number of benzene rings is 2. The summed E-state index contributed by atoms with van der Waals surface area (Å²) in [5.41, 5.74) is 1.44. The number of nitrogens with zero attached hydrogens (tertiary/aromatic N) is 3. The van der Waals surface area contributed by atoms with Crippen molar-refractivity contribution in [3.05, 3.63) is 76.6 Å². The minimum Gasteiger partial charge on any atom is -0.321 e. The fraction of sp³-hybridized carbons (Fsp3) is 0.452. The monoisotopic (exact) mass is 644 g/mol. The highest BCUT2D eigenvalue weighted by Crippen LogP contribution is 2.35. The maximum atomic E-state index is 14.0. The zero-order chi connectivity index (χ0) is 30.6. The molecule has 2 aliphatic carbocycles. The van der Waals surface area contributed by atoms with Gasteiger partial charge in [0.1, 0.15) is 0 Å². The van der Waals surface area contributed by atoms with Crippen molar-refractivity contribution in [2.75, 3.05) is 5.32 Å². The van der Waals surface area contributed by atoms with Crippen LogP contribution >= 0.6 is 11.6 Å². The molecular weight excluding hydrogens is 608 g/mol. The predicted octanol–water partition coefficient (Wildman–Crippen LogP) is 6.32. The van der Waals surface area contributed by atoms with Crippen LogP contribution in [0.3, 0.4) is 0 Å². The normalized spacial score (nSPS) is 17.2. The highest BCUT2D eigenvalue weighted by atomic mass is 35.5. The Hall–Kier alpha value is -2.86. The number of hydrogen-bond donors (Lipinski definition) is 1. The molecule has 2 aromatic carbocycles. The summed E-state index contributed by atoms with van der Waals surface area (Å²) in [6.07, 6.45) is 11.0. The summed E-state index contributed by atoms with van der Waals surface area (Å²) < 4.78 is 55.8. The van der Waals surface area contributed by atoms with Crippen LogP contribution in [0.4, 0.5) is 5.69 Å². The number of amides is 1. The Balaban J connectivity index is 1.34. The first kappa shape index (κ1) is 31.6. The van der Waals surface area contributed by atoms with Crippen LogP contribution < -0.4 is 5.32 Å². The van der Waals surface area contributed by atoms with Crippen LogP contribution in [0, 0.1) is 6.92 Å². The molecule has 5 rings (SSSR count). The molecule has 9 nitrogen and oxygen atoms in total. The number of sulfonamides is 1. The number of nitrogens with one attached hydrogen (secondary N) is 1. The maximum Gasteiger partial charge on any atom is 0.275 e. The summed E-state index contributed by atoms with van der Waals surface area (Å²) in [6, 6.07) is 13.2. The standard InChI is InChI=1S/C31H37ClN4O5S2/c1-22-10-8-9-11-23(22)21-42(38,39)31-33-20-28(32)29(35-31)30(37)34-24-16-18-27(19-17-24)43(40,41)36(25-12-4-2-5-13-25)26-14-6-3-7-15-26/h8-11,16-20,25-26H,2-7,12-15,21H2,1H3,(H,34,37). The van der Waals surface area contributed by atoms with Gasteiger partial charge in [0.05, 0.1) is 21.9 Å². The van der Waals surface area contributed by atoms with E-state index in [0.29, 0.717) is 11.3 Å². The van der Waals surface area contributed by atoms with Gasteiger partial charge in [0.2, 0.25) is 25.0 Å². The third-order valence-electron chi connectivity index (χ3n) is 8.38. The van der Waals surface area contributed by atoms with Gasteiger partial charge in [-0.15, -0.1) is 0 Å². The van der Waals surface area contributed by atoms with Crippen LogP contribution in [0.15, 0.2) is 64.8 Å². The number of hydrogen-bond acceptors (Lipinski definition) is 7. The third kappa shape index (κ3) is 7.28. The van der Waals surface area contributed by atoms with Crippen molar-refractivity contribution >= 4 is 43.1 Å². The predicted molar refractivity (Wildman–Crippen MR) is 166 cm³/mol. The molecule has 0 saturated heterocycles. The van der Waals surface area contributed by atoms with Gasteiger partial charge < -0.3 is 5.32 Å². The van der Waals surface area contributed by atoms with Crippen molar-refractivity contribution in [2.45, 2.75) is 99.0 Å². The molecule has 3 aromatic rings. The number of aryl methyl sites for hydroxylation is 1. The van der Waals surface area contributed by atoms with Crippen LogP contribution in [0.2, 0.25) is 5.02 Å². The molecule has 1 aromatic heterocycles. The van der Waals surface area contributed by atoms with Gasteiger partial charge in [-0.2, -0.15) is 4.31 Å². The first-order valence-electron chi connectivity index (χ1n) is 14.8. The van der Waals surface area contributed by atoms with Gasteiger partial charge in [-0.3, -0.25) is 4.79 Å². The summed E-state index contributed by atoms with van der Waals surface area (Å²) in [5.74, 6) is -1.06. The minimum absolute atomic E-state index is 0.0115. The van der Waals surface area contributed by atoms with E-state index in [2.05, 4.69) is 15.3 Å². The number of aromatic nitrogens is 2. The van der Waals surface area contributed by atoms with Crippen LogP contribution in [-0.2, 0) is 25.6 Å². The minimum atomic E-state index is -3.96. The zero-order valence-electron chi connectivity index (χ0n) is 24.2. The van der Waals surface area contributed by atoms with Crippen LogP contribution in [0.25, 0.3) is 0 Å². The number of halogens is 1. The summed E-state index contributed by atoms with van der Waals surface area (Å²) in [7, 11) is -7.71. The van der Waals surface area contributed by atoms with Crippen molar-refractivity contribution in [3.8, 4) is 0 Å². The quantitative estimate of drug-likeness (QED) is 0.270. The fourth-order valence-corrected chi connectivity index (χ4v) is 9.50. The molecule has 2 aliphatic rings. The number of carbonyl (C=O) groups is 1. The molecule has 0 radical (unpaired) electrons. The Kier molecular flexibility index (Phi) is 9.85. The average Bonchev–Trinajstić information content (AvgIpc) is 3.00. The van der Waals surface area contributed by atoms with Crippen molar-refractivity contribution < 1.29 is 21.6 Å². The van der Waals surface area contributed by atoms with Crippen LogP contribution in [0.5, 0.6) is 0 Å². The van der Waals surface area contributed by atoms with Crippen molar-refractivity contribution in [2.24, 2.45) is 0 Å². The van der Waals surface area contributed by atoms with E-state index in [4.69, 9.17) is 11.6 Å². The molecule has 1 heterocycles. The second kappa shape index (κ2) is 13.4. The summed E-state index contributed by atoms with van der Waals surface area (Å²) in [6.45, 7) is 1.81. The van der Waals surface area contributed by atoms with Gasteiger partial charge in [-0.25, -0.2) is 26.8 Å². The van der Waals surface area contributed by atoms with E-state index in [1.807, 2.05) is 19.1 Å². The van der Waals surface area contributed by atoms with Gasteiger partial charge in [-0.1, -0.05) is 74.4 Å².